The molecular formula is C21H31N3O2. The largest absolute Gasteiger partial charge is 0.359 e. The Morgan fingerprint density at radius 1 is 1.19 bits per heavy atom. The van der Waals surface area contributed by atoms with E-state index in [0.717, 1.165) is 19.3 Å². The molecule has 1 fully saturated rings. The molecule has 2 heterocycles. The minimum atomic E-state index is 0.0536. The third-order valence-electron chi connectivity index (χ3n) is 5.97. The number of hydrogen-bond acceptors (Lipinski definition) is 3. The van der Waals surface area contributed by atoms with Gasteiger partial charge in [0, 0.05) is 43.8 Å². The van der Waals surface area contributed by atoms with Crippen LogP contribution in [0.1, 0.15) is 39.2 Å². The van der Waals surface area contributed by atoms with E-state index in [2.05, 4.69) is 30.0 Å². The molecule has 1 aromatic carbocycles. The minimum absolute atomic E-state index is 0.0536. The van der Waals surface area contributed by atoms with E-state index < -0.39 is 0 Å². The lowest BCUT2D eigenvalue weighted by Gasteiger charge is -2.35. The SMILES string of the molecule is CC(C)N(C)C(=O)C1CCN(C(=O)CN2c3ccccc3CC2C)CC1. The van der Waals surface area contributed by atoms with Gasteiger partial charge in [-0.25, -0.2) is 0 Å². The number of amides is 2. The van der Waals surface area contributed by atoms with Gasteiger partial charge in [0.2, 0.25) is 11.8 Å². The highest BCUT2D eigenvalue weighted by molar-refractivity contribution is 5.83. The molecule has 0 spiro atoms. The molecule has 0 bridgehead atoms. The summed E-state index contributed by atoms with van der Waals surface area (Å²) >= 11 is 0. The van der Waals surface area contributed by atoms with Gasteiger partial charge < -0.3 is 14.7 Å². The molecule has 1 atom stereocenters. The van der Waals surface area contributed by atoms with Crippen LogP contribution in [0.2, 0.25) is 0 Å². The van der Waals surface area contributed by atoms with Gasteiger partial charge in [-0.3, -0.25) is 9.59 Å². The van der Waals surface area contributed by atoms with Crippen LogP contribution in [-0.4, -0.2) is 60.4 Å². The minimum Gasteiger partial charge on any atom is -0.359 e. The van der Waals surface area contributed by atoms with Crippen molar-refractivity contribution in [3.8, 4) is 0 Å². The first-order chi connectivity index (χ1) is 12.4. The average Bonchev–Trinajstić information content (AvgIpc) is 2.96. The lowest BCUT2D eigenvalue weighted by atomic mass is 9.95. The average molecular weight is 357 g/mol. The van der Waals surface area contributed by atoms with E-state index in [-0.39, 0.29) is 23.8 Å². The van der Waals surface area contributed by atoms with Crippen LogP contribution in [-0.2, 0) is 16.0 Å². The summed E-state index contributed by atoms with van der Waals surface area (Å²) in [5.41, 5.74) is 2.52. The molecule has 2 aliphatic heterocycles. The summed E-state index contributed by atoms with van der Waals surface area (Å²) in [5.74, 6) is 0.448. The van der Waals surface area contributed by atoms with E-state index in [0.29, 0.717) is 25.7 Å². The van der Waals surface area contributed by atoms with Crippen molar-refractivity contribution in [1.82, 2.24) is 9.80 Å². The number of anilines is 1. The predicted octanol–water partition coefficient (Wildman–Crippen LogP) is 2.54. The monoisotopic (exact) mass is 357 g/mol. The molecule has 142 valence electrons. The molecule has 1 saturated heterocycles. The summed E-state index contributed by atoms with van der Waals surface area (Å²) < 4.78 is 0. The molecule has 1 unspecified atom stereocenters. The lowest BCUT2D eigenvalue weighted by Crippen LogP contribution is -2.48. The van der Waals surface area contributed by atoms with Crippen molar-refractivity contribution in [1.29, 1.82) is 0 Å². The van der Waals surface area contributed by atoms with Gasteiger partial charge in [0.05, 0.1) is 6.54 Å². The van der Waals surface area contributed by atoms with Gasteiger partial charge in [0.1, 0.15) is 0 Å². The summed E-state index contributed by atoms with van der Waals surface area (Å²) in [7, 11) is 1.87. The maximum Gasteiger partial charge on any atom is 0.242 e. The Labute approximate surface area is 156 Å². The quantitative estimate of drug-likeness (QED) is 0.832. The van der Waals surface area contributed by atoms with E-state index >= 15 is 0 Å². The third-order valence-corrected chi connectivity index (χ3v) is 5.97. The molecular weight excluding hydrogens is 326 g/mol. The van der Waals surface area contributed by atoms with Crippen LogP contribution < -0.4 is 4.90 Å². The Bertz CT molecular complexity index is 665. The van der Waals surface area contributed by atoms with Crippen molar-refractivity contribution in [3.05, 3.63) is 29.8 Å². The molecule has 0 aromatic heterocycles. The number of fused-ring (bicyclic) bond motifs is 1. The smallest absolute Gasteiger partial charge is 0.242 e. The van der Waals surface area contributed by atoms with Gasteiger partial charge in [-0.05, 0) is 51.7 Å². The standard InChI is InChI=1S/C21H31N3O2/c1-15(2)22(4)21(26)17-9-11-23(12-10-17)20(25)14-24-16(3)13-18-7-5-6-8-19(18)24/h5-8,15-17H,9-14H2,1-4H3. The molecule has 0 saturated carbocycles. The van der Waals surface area contributed by atoms with E-state index in [1.807, 2.05) is 36.8 Å². The van der Waals surface area contributed by atoms with E-state index in [1.54, 1.807) is 0 Å². The molecule has 0 N–H and O–H groups in total. The Kier molecular flexibility index (Phi) is 5.54. The van der Waals surface area contributed by atoms with Gasteiger partial charge in [0.15, 0.2) is 0 Å². The molecule has 1 aromatic rings. The zero-order valence-electron chi connectivity index (χ0n) is 16.4. The van der Waals surface area contributed by atoms with Crippen molar-refractivity contribution in [2.24, 2.45) is 5.92 Å². The van der Waals surface area contributed by atoms with E-state index in [4.69, 9.17) is 0 Å². The number of rotatable bonds is 4. The second kappa shape index (κ2) is 7.68. The van der Waals surface area contributed by atoms with Gasteiger partial charge in [-0.15, -0.1) is 0 Å². The zero-order valence-corrected chi connectivity index (χ0v) is 16.4. The summed E-state index contributed by atoms with van der Waals surface area (Å²) in [4.78, 5) is 31.3. The number of hydrogen-bond donors (Lipinski definition) is 0. The zero-order chi connectivity index (χ0) is 18.8. The molecule has 0 aliphatic carbocycles. The van der Waals surface area contributed by atoms with Crippen LogP contribution >= 0.6 is 0 Å². The number of carbonyl (C=O) groups is 2. The normalized spacial score (nSPS) is 20.4. The Morgan fingerprint density at radius 2 is 1.85 bits per heavy atom. The highest BCUT2D eigenvalue weighted by Crippen LogP contribution is 2.31. The molecule has 26 heavy (non-hydrogen) atoms. The first-order valence-electron chi connectivity index (χ1n) is 9.77. The van der Waals surface area contributed by atoms with Gasteiger partial charge >= 0.3 is 0 Å². The Balaban J connectivity index is 1.55. The fourth-order valence-corrected chi connectivity index (χ4v) is 4.03. The van der Waals surface area contributed by atoms with Crippen LogP contribution in [0.25, 0.3) is 0 Å². The van der Waals surface area contributed by atoms with Crippen molar-refractivity contribution in [2.45, 2.75) is 52.1 Å². The van der Waals surface area contributed by atoms with Gasteiger partial charge in [-0.2, -0.15) is 0 Å². The Morgan fingerprint density at radius 3 is 2.50 bits per heavy atom. The maximum atomic E-state index is 12.8. The number of nitrogens with zero attached hydrogens (tertiary/aromatic N) is 3. The second-order valence-electron chi connectivity index (χ2n) is 8.01. The molecule has 2 amide bonds. The first-order valence-corrected chi connectivity index (χ1v) is 9.77. The topological polar surface area (TPSA) is 43.9 Å². The van der Waals surface area contributed by atoms with Crippen LogP contribution in [0.5, 0.6) is 0 Å². The summed E-state index contributed by atoms with van der Waals surface area (Å²) in [6.07, 6.45) is 2.54. The second-order valence-corrected chi connectivity index (χ2v) is 8.01. The summed E-state index contributed by atoms with van der Waals surface area (Å²) in [6.45, 7) is 8.05. The Hall–Kier alpha value is -2.04. The molecule has 2 aliphatic rings. The van der Waals surface area contributed by atoms with Crippen molar-refractivity contribution < 1.29 is 9.59 Å². The number of para-hydroxylation sites is 1. The van der Waals surface area contributed by atoms with Crippen LogP contribution in [0.3, 0.4) is 0 Å². The summed E-state index contributed by atoms with van der Waals surface area (Å²) in [6, 6.07) is 8.94. The van der Waals surface area contributed by atoms with Crippen LogP contribution in [0.4, 0.5) is 5.69 Å². The van der Waals surface area contributed by atoms with Crippen molar-refractivity contribution in [3.63, 3.8) is 0 Å². The fraction of sp³-hybridized carbons (Fsp3) is 0.619. The number of benzene rings is 1. The third kappa shape index (κ3) is 3.71. The number of likely N-dealkylation sites (tertiary alicyclic amines) is 1. The van der Waals surface area contributed by atoms with Gasteiger partial charge in [0.25, 0.3) is 0 Å². The maximum absolute atomic E-state index is 12.8. The van der Waals surface area contributed by atoms with Crippen LogP contribution in [0.15, 0.2) is 24.3 Å². The van der Waals surface area contributed by atoms with Crippen LogP contribution in [0, 0.1) is 5.92 Å². The molecule has 0 radical (unpaired) electrons. The van der Waals surface area contributed by atoms with E-state index in [1.165, 1.54) is 11.3 Å². The summed E-state index contributed by atoms with van der Waals surface area (Å²) in [5, 5.41) is 0. The predicted molar refractivity (Wildman–Crippen MR) is 104 cm³/mol. The lowest BCUT2D eigenvalue weighted by molar-refractivity contribution is -0.140. The molecule has 3 rings (SSSR count). The number of carbonyl (C=O) groups excluding carboxylic acids is 2. The molecule has 5 heteroatoms. The van der Waals surface area contributed by atoms with Crippen molar-refractivity contribution >= 4 is 17.5 Å². The van der Waals surface area contributed by atoms with Crippen molar-refractivity contribution in [2.75, 3.05) is 31.6 Å². The number of piperidine rings is 1. The van der Waals surface area contributed by atoms with E-state index in [9.17, 15) is 9.59 Å². The fourth-order valence-electron chi connectivity index (χ4n) is 4.03. The molecule has 5 nitrogen and oxygen atoms in total. The highest BCUT2D eigenvalue weighted by atomic mass is 16.2. The highest BCUT2D eigenvalue weighted by Gasteiger charge is 2.32. The first kappa shape index (κ1) is 18.7. The van der Waals surface area contributed by atoms with Gasteiger partial charge in [-0.1, -0.05) is 18.2 Å².